The molecule has 2 heterocycles. The number of halogens is 3. The molecular weight excluding hydrogens is 447 g/mol. The van der Waals surface area contributed by atoms with Gasteiger partial charge in [0.15, 0.2) is 0 Å². The van der Waals surface area contributed by atoms with Crippen LogP contribution < -0.4 is 10.6 Å². The molecule has 0 spiro atoms. The van der Waals surface area contributed by atoms with Crippen molar-refractivity contribution in [3.63, 3.8) is 0 Å². The number of anilines is 1. The minimum atomic E-state index is -4.50. The number of fused-ring (bicyclic) bond motifs is 2. The maximum Gasteiger partial charge on any atom is 0.433 e. The molecule has 4 aromatic rings. The Morgan fingerprint density at radius 1 is 0.939 bits per heavy atom. The Morgan fingerprint density at radius 3 is 2.39 bits per heavy atom. The van der Waals surface area contributed by atoms with E-state index in [4.69, 9.17) is 0 Å². The number of alkyl halides is 3. The summed E-state index contributed by atoms with van der Waals surface area (Å²) in [5, 5.41) is 8.16. The van der Waals surface area contributed by atoms with Crippen molar-refractivity contribution in [3.8, 4) is 0 Å². The van der Waals surface area contributed by atoms with Gasteiger partial charge in [-0.1, -0.05) is 36.4 Å². The minimum absolute atomic E-state index is 0.0365. The van der Waals surface area contributed by atoms with Crippen molar-refractivity contribution in [1.82, 2.24) is 10.3 Å². The van der Waals surface area contributed by atoms with Crippen molar-refractivity contribution >= 4 is 43.9 Å². The van der Waals surface area contributed by atoms with Crippen LogP contribution in [0.3, 0.4) is 0 Å². The van der Waals surface area contributed by atoms with Gasteiger partial charge in [-0.15, -0.1) is 11.3 Å². The molecule has 2 aromatic carbocycles. The monoisotopic (exact) mass is 469 g/mol. The first-order chi connectivity index (χ1) is 15.9. The smallest absolute Gasteiger partial charge is 0.382 e. The SMILES string of the molecule is O=C(NC1CCC(Nc2cc(C(F)(F)F)nc3ccccc23)CC1)c1cc2ccccc2s1. The third kappa shape index (κ3) is 4.66. The average molecular weight is 470 g/mol. The summed E-state index contributed by atoms with van der Waals surface area (Å²) in [7, 11) is 0. The fraction of sp³-hybridized carbons (Fsp3) is 0.280. The highest BCUT2D eigenvalue weighted by Gasteiger charge is 2.34. The lowest BCUT2D eigenvalue weighted by molar-refractivity contribution is -0.140. The number of rotatable bonds is 4. The van der Waals surface area contributed by atoms with Crippen molar-refractivity contribution in [2.45, 2.75) is 43.9 Å². The maximum absolute atomic E-state index is 13.3. The van der Waals surface area contributed by atoms with Crippen molar-refractivity contribution in [3.05, 3.63) is 71.2 Å². The number of carbonyl (C=O) groups is 1. The molecule has 0 unspecified atom stereocenters. The summed E-state index contributed by atoms with van der Waals surface area (Å²) in [5.41, 5.74) is -0.127. The normalized spacial score (nSPS) is 19.0. The number of nitrogens with one attached hydrogen (secondary N) is 2. The first-order valence-corrected chi connectivity index (χ1v) is 11.7. The summed E-state index contributed by atoms with van der Waals surface area (Å²) in [6.07, 6.45) is -1.45. The van der Waals surface area contributed by atoms with Crippen LogP contribution in [0, 0.1) is 0 Å². The van der Waals surface area contributed by atoms with Crippen LogP contribution in [-0.4, -0.2) is 23.0 Å². The molecule has 2 N–H and O–H groups in total. The first kappa shape index (κ1) is 21.7. The van der Waals surface area contributed by atoms with Crippen molar-refractivity contribution in [2.75, 3.05) is 5.32 Å². The molecule has 0 atom stereocenters. The lowest BCUT2D eigenvalue weighted by Crippen LogP contribution is -2.40. The van der Waals surface area contributed by atoms with Gasteiger partial charge in [-0.3, -0.25) is 4.79 Å². The number of para-hydroxylation sites is 1. The summed E-state index contributed by atoms with van der Waals surface area (Å²) in [6.45, 7) is 0. The Labute approximate surface area is 192 Å². The zero-order chi connectivity index (χ0) is 23.0. The van der Waals surface area contributed by atoms with E-state index in [1.54, 1.807) is 24.3 Å². The van der Waals surface area contributed by atoms with Crippen LogP contribution in [0.25, 0.3) is 21.0 Å². The van der Waals surface area contributed by atoms with Gasteiger partial charge in [0, 0.05) is 27.9 Å². The molecule has 2 aromatic heterocycles. The average Bonchev–Trinajstić information content (AvgIpc) is 3.24. The Morgan fingerprint density at radius 2 is 1.64 bits per heavy atom. The van der Waals surface area contributed by atoms with E-state index >= 15 is 0 Å². The number of hydrogen-bond acceptors (Lipinski definition) is 4. The maximum atomic E-state index is 13.3. The summed E-state index contributed by atoms with van der Waals surface area (Å²) < 4.78 is 41.1. The molecule has 1 aliphatic rings. The summed E-state index contributed by atoms with van der Waals surface area (Å²) in [6, 6.07) is 17.9. The second-order valence-corrected chi connectivity index (χ2v) is 9.47. The molecular formula is C25H22F3N3OS. The van der Waals surface area contributed by atoms with Gasteiger partial charge < -0.3 is 10.6 Å². The molecule has 170 valence electrons. The molecule has 0 aliphatic heterocycles. The number of benzene rings is 2. The zero-order valence-corrected chi connectivity index (χ0v) is 18.5. The topological polar surface area (TPSA) is 54.0 Å². The van der Waals surface area contributed by atoms with Crippen LogP contribution in [0.15, 0.2) is 60.7 Å². The summed E-state index contributed by atoms with van der Waals surface area (Å²) in [4.78, 5) is 17.2. The highest BCUT2D eigenvalue weighted by Crippen LogP contribution is 2.34. The summed E-state index contributed by atoms with van der Waals surface area (Å²) >= 11 is 1.48. The highest BCUT2D eigenvalue weighted by molar-refractivity contribution is 7.20. The van der Waals surface area contributed by atoms with E-state index in [2.05, 4.69) is 15.6 Å². The van der Waals surface area contributed by atoms with E-state index in [9.17, 15) is 18.0 Å². The standard InChI is InChI=1S/C25H22F3N3OS/c26-25(27,28)23-14-20(18-6-2-3-7-19(18)31-23)29-16-9-11-17(12-10-16)30-24(32)22-13-15-5-1-4-8-21(15)33-22/h1-8,13-14,16-17H,9-12H2,(H,29,31)(H,30,32). The number of amides is 1. The highest BCUT2D eigenvalue weighted by atomic mass is 32.1. The van der Waals surface area contributed by atoms with Crippen LogP contribution in [0.5, 0.6) is 0 Å². The third-order valence-corrected chi connectivity index (χ3v) is 7.19. The largest absolute Gasteiger partial charge is 0.433 e. The molecule has 1 fully saturated rings. The Bertz CT molecular complexity index is 1280. The van der Waals surface area contributed by atoms with Crippen LogP contribution in [0.4, 0.5) is 18.9 Å². The number of thiophene rings is 1. The predicted octanol–water partition coefficient (Wildman–Crippen LogP) is 6.62. The molecule has 1 saturated carbocycles. The van der Waals surface area contributed by atoms with Gasteiger partial charge in [0.05, 0.1) is 10.4 Å². The van der Waals surface area contributed by atoms with Gasteiger partial charge >= 0.3 is 6.18 Å². The summed E-state index contributed by atoms with van der Waals surface area (Å²) in [5.74, 6) is -0.0671. The number of nitrogens with zero attached hydrogens (tertiary/aromatic N) is 1. The van der Waals surface area contributed by atoms with Gasteiger partial charge in [-0.05, 0) is 55.3 Å². The van der Waals surface area contributed by atoms with Crippen LogP contribution in [-0.2, 0) is 6.18 Å². The Kier molecular flexibility index (Phi) is 5.70. The van der Waals surface area contributed by atoms with Crippen LogP contribution in [0.1, 0.15) is 41.0 Å². The fourth-order valence-corrected chi connectivity index (χ4v) is 5.36. The second-order valence-electron chi connectivity index (χ2n) is 8.38. The molecule has 0 radical (unpaired) electrons. The lowest BCUT2D eigenvalue weighted by atomic mass is 9.90. The van der Waals surface area contributed by atoms with E-state index < -0.39 is 11.9 Å². The van der Waals surface area contributed by atoms with E-state index in [0.29, 0.717) is 21.5 Å². The number of aromatic nitrogens is 1. The molecule has 0 bridgehead atoms. The van der Waals surface area contributed by atoms with E-state index in [-0.39, 0.29) is 18.0 Å². The van der Waals surface area contributed by atoms with E-state index in [1.807, 2.05) is 30.3 Å². The van der Waals surface area contributed by atoms with E-state index in [0.717, 1.165) is 41.8 Å². The molecule has 1 amide bonds. The molecule has 1 aliphatic carbocycles. The van der Waals surface area contributed by atoms with Crippen molar-refractivity contribution < 1.29 is 18.0 Å². The minimum Gasteiger partial charge on any atom is -0.382 e. The molecule has 4 nitrogen and oxygen atoms in total. The Hall–Kier alpha value is -3.13. The molecule has 8 heteroatoms. The molecule has 33 heavy (non-hydrogen) atoms. The number of pyridine rings is 1. The zero-order valence-electron chi connectivity index (χ0n) is 17.7. The van der Waals surface area contributed by atoms with E-state index in [1.165, 1.54) is 11.3 Å². The van der Waals surface area contributed by atoms with Crippen molar-refractivity contribution in [1.29, 1.82) is 0 Å². The first-order valence-electron chi connectivity index (χ1n) is 10.9. The van der Waals surface area contributed by atoms with Gasteiger partial charge in [-0.2, -0.15) is 13.2 Å². The van der Waals surface area contributed by atoms with Gasteiger partial charge in [0.25, 0.3) is 5.91 Å². The third-order valence-electron chi connectivity index (χ3n) is 6.08. The van der Waals surface area contributed by atoms with Crippen LogP contribution >= 0.6 is 11.3 Å². The number of carbonyl (C=O) groups excluding carboxylic acids is 1. The van der Waals surface area contributed by atoms with Crippen molar-refractivity contribution in [2.24, 2.45) is 0 Å². The van der Waals surface area contributed by atoms with Gasteiger partial charge in [-0.25, -0.2) is 4.98 Å². The second kappa shape index (κ2) is 8.67. The van der Waals surface area contributed by atoms with Crippen LogP contribution in [0.2, 0.25) is 0 Å². The molecule has 5 rings (SSSR count). The fourth-order valence-electron chi connectivity index (χ4n) is 4.39. The quantitative estimate of drug-likeness (QED) is 0.353. The predicted molar refractivity (Wildman–Crippen MR) is 126 cm³/mol. The number of hydrogen-bond donors (Lipinski definition) is 2. The van der Waals surface area contributed by atoms with Gasteiger partial charge in [0.1, 0.15) is 5.69 Å². The van der Waals surface area contributed by atoms with Gasteiger partial charge in [0.2, 0.25) is 0 Å². The lowest BCUT2D eigenvalue weighted by Gasteiger charge is -2.30. The molecule has 0 saturated heterocycles. The Balaban J connectivity index is 1.24.